The second kappa shape index (κ2) is 6.88. The van der Waals surface area contributed by atoms with Gasteiger partial charge in [-0.1, -0.05) is 60.2 Å². The molecule has 4 rings (SSSR count). The van der Waals surface area contributed by atoms with Crippen LogP contribution in [0.3, 0.4) is 0 Å². The zero-order chi connectivity index (χ0) is 19.0. The Bertz CT molecular complexity index is 1080. The average molecular weight is 356 g/mol. The van der Waals surface area contributed by atoms with Crippen molar-refractivity contribution in [1.82, 2.24) is 14.6 Å². The van der Waals surface area contributed by atoms with Crippen molar-refractivity contribution < 1.29 is 0 Å². The molecule has 2 aromatic carbocycles. The molecule has 27 heavy (non-hydrogen) atoms. The van der Waals surface area contributed by atoms with Crippen molar-refractivity contribution in [1.29, 1.82) is 0 Å². The van der Waals surface area contributed by atoms with Crippen molar-refractivity contribution in [2.75, 3.05) is 5.32 Å². The van der Waals surface area contributed by atoms with Crippen LogP contribution in [0.1, 0.15) is 35.5 Å². The lowest BCUT2D eigenvalue weighted by atomic mass is 10.0. The van der Waals surface area contributed by atoms with Crippen molar-refractivity contribution in [3.05, 3.63) is 83.2 Å². The third-order valence-corrected chi connectivity index (χ3v) is 4.90. The molecule has 4 heteroatoms. The fraction of sp³-hybridized carbons (Fsp3) is 0.217. The van der Waals surface area contributed by atoms with Gasteiger partial charge in [0, 0.05) is 23.4 Å². The largest absolute Gasteiger partial charge is 0.363 e. The summed E-state index contributed by atoms with van der Waals surface area (Å²) in [6.07, 6.45) is 0. The summed E-state index contributed by atoms with van der Waals surface area (Å²) in [5.74, 6) is 0.954. The fourth-order valence-electron chi connectivity index (χ4n) is 3.45. The van der Waals surface area contributed by atoms with Gasteiger partial charge >= 0.3 is 0 Å². The standard InChI is InChI=1S/C23H24N4/c1-15-10-12-20(13-11-15)22-18(4)26-27-21(14-16(2)24-23(22)27)25-17(3)19-8-6-5-7-9-19/h5-14,17,25H,1-4H3/t17-/m1/s1. The minimum atomic E-state index is 0.170. The van der Waals surface area contributed by atoms with Crippen molar-refractivity contribution in [2.24, 2.45) is 0 Å². The van der Waals surface area contributed by atoms with Gasteiger partial charge in [-0.25, -0.2) is 4.98 Å². The maximum Gasteiger partial charge on any atom is 0.165 e. The fourth-order valence-corrected chi connectivity index (χ4v) is 3.45. The minimum absolute atomic E-state index is 0.170. The highest BCUT2D eigenvalue weighted by Crippen LogP contribution is 2.30. The van der Waals surface area contributed by atoms with E-state index in [1.54, 1.807) is 0 Å². The summed E-state index contributed by atoms with van der Waals surface area (Å²) in [6.45, 7) is 8.33. The van der Waals surface area contributed by atoms with E-state index < -0.39 is 0 Å². The molecule has 4 nitrogen and oxygen atoms in total. The number of fused-ring (bicyclic) bond motifs is 1. The maximum absolute atomic E-state index is 4.80. The summed E-state index contributed by atoms with van der Waals surface area (Å²) in [5, 5.41) is 8.39. The van der Waals surface area contributed by atoms with E-state index in [1.165, 1.54) is 11.1 Å². The topological polar surface area (TPSA) is 42.2 Å². The Balaban J connectivity index is 1.81. The molecule has 136 valence electrons. The van der Waals surface area contributed by atoms with E-state index in [1.807, 2.05) is 24.4 Å². The summed E-state index contributed by atoms with van der Waals surface area (Å²) >= 11 is 0. The first kappa shape index (κ1) is 17.3. The van der Waals surface area contributed by atoms with Crippen molar-refractivity contribution in [3.8, 4) is 11.1 Å². The lowest BCUT2D eigenvalue weighted by Crippen LogP contribution is -2.11. The third-order valence-electron chi connectivity index (χ3n) is 4.90. The molecule has 0 aliphatic heterocycles. The lowest BCUT2D eigenvalue weighted by Gasteiger charge is -2.17. The molecular weight excluding hydrogens is 332 g/mol. The van der Waals surface area contributed by atoms with Gasteiger partial charge in [0.15, 0.2) is 5.65 Å². The van der Waals surface area contributed by atoms with Gasteiger partial charge in [0.1, 0.15) is 5.82 Å². The first-order chi connectivity index (χ1) is 13.0. The van der Waals surface area contributed by atoms with E-state index >= 15 is 0 Å². The summed E-state index contributed by atoms with van der Waals surface area (Å²) in [5.41, 5.74) is 7.56. The predicted octanol–water partition coefficient (Wildman–Crippen LogP) is 5.49. The van der Waals surface area contributed by atoms with Crippen LogP contribution in [0.25, 0.3) is 16.8 Å². The van der Waals surface area contributed by atoms with Crippen molar-refractivity contribution in [3.63, 3.8) is 0 Å². The highest BCUT2D eigenvalue weighted by atomic mass is 15.3. The maximum atomic E-state index is 4.80. The summed E-state index contributed by atoms with van der Waals surface area (Å²) in [6, 6.07) is 21.2. The third kappa shape index (κ3) is 3.31. The molecule has 4 aromatic rings. The second-order valence-corrected chi connectivity index (χ2v) is 7.12. The van der Waals surface area contributed by atoms with Gasteiger partial charge in [-0.2, -0.15) is 9.61 Å². The van der Waals surface area contributed by atoms with Crippen LogP contribution in [-0.4, -0.2) is 14.6 Å². The number of aromatic nitrogens is 3. The van der Waals surface area contributed by atoms with Crippen LogP contribution in [0.4, 0.5) is 5.82 Å². The zero-order valence-electron chi connectivity index (χ0n) is 16.2. The molecule has 0 amide bonds. The molecule has 0 saturated carbocycles. The molecular formula is C23H24N4. The van der Waals surface area contributed by atoms with Crippen LogP contribution in [-0.2, 0) is 0 Å². The zero-order valence-corrected chi connectivity index (χ0v) is 16.2. The van der Waals surface area contributed by atoms with Crippen molar-refractivity contribution in [2.45, 2.75) is 33.7 Å². The van der Waals surface area contributed by atoms with E-state index in [4.69, 9.17) is 10.1 Å². The molecule has 0 bridgehead atoms. The Morgan fingerprint density at radius 3 is 2.33 bits per heavy atom. The Kier molecular flexibility index (Phi) is 4.40. The number of anilines is 1. The number of hydrogen-bond donors (Lipinski definition) is 1. The number of nitrogens with one attached hydrogen (secondary N) is 1. The molecule has 2 aromatic heterocycles. The molecule has 0 aliphatic rings. The monoisotopic (exact) mass is 356 g/mol. The molecule has 1 atom stereocenters. The van der Waals surface area contributed by atoms with Gasteiger partial charge in [0.25, 0.3) is 0 Å². The summed E-state index contributed by atoms with van der Waals surface area (Å²) < 4.78 is 1.93. The molecule has 2 heterocycles. The van der Waals surface area contributed by atoms with E-state index in [-0.39, 0.29) is 6.04 Å². The number of rotatable bonds is 4. The van der Waals surface area contributed by atoms with Crippen LogP contribution in [0, 0.1) is 20.8 Å². The van der Waals surface area contributed by atoms with Gasteiger partial charge in [0.2, 0.25) is 0 Å². The molecule has 0 fully saturated rings. The van der Waals surface area contributed by atoms with Crippen LogP contribution >= 0.6 is 0 Å². The highest BCUT2D eigenvalue weighted by Gasteiger charge is 2.17. The normalized spacial score (nSPS) is 12.3. The van der Waals surface area contributed by atoms with Crippen LogP contribution in [0.5, 0.6) is 0 Å². The predicted molar refractivity (Wildman–Crippen MR) is 111 cm³/mol. The first-order valence-electron chi connectivity index (χ1n) is 9.28. The number of nitrogens with zero attached hydrogens (tertiary/aromatic N) is 3. The Morgan fingerprint density at radius 2 is 1.63 bits per heavy atom. The van der Waals surface area contributed by atoms with E-state index in [0.717, 1.165) is 34.0 Å². The van der Waals surface area contributed by atoms with Gasteiger partial charge in [0.05, 0.1) is 5.69 Å². The molecule has 0 aliphatic carbocycles. The highest BCUT2D eigenvalue weighted by molar-refractivity contribution is 5.81. The quantitative estimate of drug-likeness (QED) is 0.525. The molecule has 1 N–H and O–H groups in total. The SMILES string of the molecule is Cc1ccc(-c2c(C)nn3c(N[C@H](C)c4ccccc4)cc(C)nc23)cc1. The van der Waals surface area contributed by atoms with Crippen LogP contribution in [0.2, 0.25) is 0 Å². The molecule has 0 radical (unpaired) electrons. The summed E-state index contributed by atoms with van der Waals surface area (Å²) in [4.78, 5) is 4.80. The number of hydrogen-bond acceptors (Lipinski definition) is 3. The van der Waals surface area contributed by atoms with Gasteiger partial charge in [-0.15, -0.1) is 0 Å². The Morgan fingerprint density at radius 1 is 0.926 bits per heavy atom. The average Bonchev–Trinajstić information content (AvgIpc) is 2.99. The second-order valence-electron chi connectivity index (χ2n) is 7.12. The number of aryl methyl sites for hydroxylation is 3. The van der Waals surface area contributed by atoms with Crippen molar-refractivity contribution >= 4 is 11.5 Å². The Labute approximate surface area is 159 Å². The Hall–Kier alpha value is -3.14. The first-order valence-corrected chi connectivity index (χ1v) is 9.28. The lowest BCUT2D eigenvalue weighted by molar-refractivity contribution is 0.833. The van der Waals surface area contributed by atoms with Crippen LogP contribution in [0.15, 0.2) is 60.7 Å². The van der Waals surface area contributed by atoms with E-state index in [2.05, 4.69) is 73.8 Å². The summed E-state index contributed by atoms with van der Waals surface area (Å²) in [7, 11) is 0. The van der Waals surface area contributed by atoms with Gasteiger partial charge in [-0.3, -0.25) is 0 Å². The van der Waals surface area contributed by atoms with Gasteiger partial charge < -0.3 is 5.32 Å². The molecule has 0 saturated heterocycles. The number of benzene rings is 2. The van der Waals surface area contributed by atoms with E-state index in [0.29, 0.717) is 0 Å². The minimum Gasteiger partial charge on any atom is -0.363 e. The van der Waals surface area contributed by atoms with Gasteiger partial charge in [-0.05, 0) is 38.8 Å². The molecule has 0 spiro atoms. The smallest absolute Gasteiger partial charge is 0.165 e. The van der Waals surface area contributed by atoms with Crippen LogP contribution < -0.4 is 5.32 Å². The van der Waals surface area contributed by atoms with E-state index in [9.17, 15) is 0 Å². The molecule has 0 unspecified atom stereocenters.